The summed E-state index contributed by atoms with van der Waals surface area (Å²) in [5.41, 5.74) is 2.08. The second kappa shape index (κ2) is 12.1. The van der Waals surface area contributed by atoms with Crippen molar-refractivity contribution in [2.24, 2.45) is 5.92 Å². The van der Waals surface area contributed by atoms with Crippen molar-refractivity contribution >= 4 is 6.09 Å². The van der Waals surface area contributed by atoms with Gasteiger partial charge in [0, 0.05) is 25.1 Å². The van der Waals surface area contributed by atoms with E-state index in [1.54, 1.807) is 30.2 Å². The van der Waals surface area contributed by atoms with Crippen LogP contribution in [-0.4, -0.2) is 37.8 Å². The molecule has 1 saturated heterocycles. The molecule has 3 aromatic carbocycles. The molecular weight excluding hydrogens is 461 g/mol. The summed E-state index contributed by atoms with van der Waals surface area (Å²) in [6.07, 6.45) is 1.41. The second-order valence-corrected chi connectivity index (χ2v) is 8.60. The highest BCUT2D eigenvalue weighted by atomic mass is 19.1. The van der Waals surface area contributed by atoms with Gasteiger partial charge < -0.3 is 23.8 Å². The zero-order chi connectivity index (χ0) is 25.3. The minimum Gasteiger partial charge on any atom is -0.493 e. The Morgan fingerprint density at radius 2 is 1.83 bits per heavy atom. The van der Waals surface area contributed by atoms with Crippen LogP contribution in [0, 0.1) is 11.7 Å². The molecule has 0 saturated carbocycles. The van der Waals surface area contributed by atoms with Crippen LogP contribution in [0.5, 0.6) is 17.2 Å². The molecule has 3 aromatic rings. The van der Waals surface area contributed by atoms with Gasteiger partial charge in [0.05, 0.1) is 20.0 Å². The summed E-state index contributed by atoms with van der Waals surface area (Å²) in [6.45, 7) is 5.23. The maximum absolute atomic E-state index is 13.5. The number of rotatable bonds is 9. The summed E-state index contributed by atoms with van der Waals surface area (Å²) >= 11 is 0. The number of amides is 1. The van der Waals surface area contributed by atoms with Crippen molar-refractivity contribution in [2.45, 2.75) is 18.9 Å². The van der Waals surface area contributed by atoms with E-state index in [0.717, 1.165) is 17.4 Å². The van der Waals surface area contributed by atoms with Crippen molar-refractivity contribution in [2.75, 3.05) is 26.8 Å². The van der Waals surface area contributed by atoms with Crippen molar-refractivity contribution in [3.8, 4) is 17.2 Å². The zero-order valence-electron chi connectivity index (χ0n) is 20.3. The lowest BCUT2D eigenvalue weighted by Crippen LogP contribution is -2.44. The fourth-order valence-corrected chi connectivity index (χ4v) is 4.46. The number of halogens is 1. The van der Waals surface area contributed by atoms with Crippen LogP contribution in [-0.2, 0) is 11.3 Å². The molecule has 7 heteroatoms. The summed E-state index contributed by atoms with van der Waals surface area (Å²) in [6, 6.07) is 21.9. The molecule has 0 aromatic heterocycles. The van der Waals surface area contributed by atoms with E-state index in [4.69, 9.17) is 18.9 Å². The fourth-order valence-electron chi connectivity index (χ4n) is 4.46. The van der Waals surface area contributed by atoms with Gasteiger partial charge in [-0.1, -0.05) is 49.0 Å². The first kappa shape index (κ1) is 25.1. The first-order chi connectivity index (χ1) is 17.6. The Bertz CT molecular complexity index is 1150. The van der Waals surface area contributed by atoms with E-state index in [1.807, 2.05) is 42.5 Å². The van der Waals surface area contributed by atoms with Gasteiger partial charge in [0.25, 0.3) is 0 Å². The molecule has 0 aliphatic carbocycles. The van der Waals surface area contributed by atoms with E-state index >= 15 is 0 Å². The van der Waals surface area contributed by atoms with Crippen LogP contribution in [0.1, 0.15) is 23.5 Å². The van der Waals surface area contributed by atoms with Gasteiger partial charge in [-0.25, -0.2) is 9.18 Å². The summed E-state index contributed by atoms with van der Waals surface area (Å²) in [5, 5.41) is 0. The molecule has 1 aliphatic heterocycles. The first-order valence-corrected chi connectivity index (χ1v) is 11.9. The maximum atomic E-state index is 13.5. The smallest absolute Gasteiger partial charge is 0.414 e. The lowest BCUT2D eigenvalue weighted by Gasteiger charge is -2.38. The maximum Gasteiger partial charge on any atom is 0.414 e. The van der Waals surface area contributed by atoms with Gasteiger partial charge in [-0.05, 0) is 47.7 Å². The highest BCUT2D eigenvalue weighted by Gasteiger charge is 2.33. The average molecular weight is 492 g/mol. The van der Waals surface area contributed by atoms with Crippen molar-refractivity contribution in [1.82, 2.24) is 4.90 Å². The lowest BCUT2D eigenvalue weighted by atomic mass is 9.81. The van der Waals surface area contributed by atoms with E-state index in [0.29, 0.717) is 50.0 Å². The standard InChI is InChI=1S/C29H30FNO5/c1-3-34-29(32)31-16-15-26(22-9-11-24(30)12-10-22)23(18-31)20-35-25-13-14-27(28(17-25)33-2)36-19-21-7-5-4-6-8-21/h3-14,17,23,26H,1,15-16,18-20H2,2H3/t23-,26-/m0/s1. The van der Waals surface area contributed by atoms with Gasteiger partial charge in [-0.3, -0.25) is 0 Å². The van der Waals surface area contributed by atoms with Crippen LogP contribution in [0.25, 0.3) is 0 Å². The van der Waals surface area contributed by atoms with Crippen LogP contribution in [0.2, 0.25) is 0 Å². The highest BCUT2D eigenvalue weighted by Crippen LogP contribution is 2.36. The Morgan fingerprint density at radius 1 is 1.06 bits per heavy atom. The van der Waals surface area contributed by atoms with Gasteiger partial charge >= 0.3 is 6.09 Å². The Balaban J connectivity index is 1.45. The van der Waals surface area contributed by atoms with Gasteiger partial charge in [-0.2, -0.15) is 0 Å². The molecule has 4 rings (SSSR count). The highest BCUT2D eigenvalue weighted by molar-refractivity contribution is 5.68. The van der Waals surface area contributed by atoms with Gasteiger partial charge in [0.15, 0.2) is 11.5 Å². The van der Waals surface area contributed by atoms with Crippen LogP contribution < -0.4 is 14.2 Å². The molecule has 1 fully saturated rings. The summed E-state index contributed by atoms with van der Waals surface area (Å²) in [7, 11) is 1.59. The van der Waals surface area contributed by atoms with E-state index in [-0.39, 0.29) is 17.7 Å². The molecule has 1 heterocycles. The third-order valence-electron chi connectivity index (χ3n) is 6.31. The molecule has 1 aliphatic rings. The largest absolute Gasteiger partial charge is 0.493 e. The Kier molecular flexibility index (Phi) is 8.44. The zero-order valence-corrected chi connectivity index (χ0v) is 20.3. The van der Waals surface area contributed by atoms with Gasteiger partial charge in [0.2, 0.25) is 0 Å². The number of hydrogen-bond acceptors (Lipinski definition) is 5. The SMILES string of the molecule is C=COC(=O)N1CC[C@@H](c2ccc(F)cc2)[C@H](COc2ccc(OCc3ccccc3)c(OC)c2)C1. The van der Waals surface area contributed by atoms with Crippen LogP contribution in [0.4, 0.5) is 9.18 Å². The molecule has 0 bridgehead atoms. The molecule has 0 unspecified atom stereocenters. The summed E-state index contributed by atoms with van der Waals surface area (Å²) in [5.74, 6) is 1.62. The van der Waals surface area contributed by atoms with Crippen molar-refractivity contribution in [3.63, 3.8) is 0 Å². The van der Waals surface area contributed by atoms with E-state index < -0.39 is 6.09 Å². The van der Waals surface area contributed by atoms with Crippen LogP contribution >= 0.6 is 0 Å². The van der Waals surface area contributed by atoms with Gasteiger partial charge in [-0.15, -0.1) is 0 Å². The van der Waals surface area contributed by atoms with Gasteiger partial charge in [0.1, 0.15) is 18.2 Å². The predicted molar refractivity (Wildman–Crippen MR) is 135 cm³/mol. The normalized spacial score (nSPS) is 17.2. The molecule has 0 radical (unpaired) electrons. The number of methoxy groups -OCH3 is 1. The number of piperidine rings is 1. The van der Waals surface area contributed by atoms with E-state index in [1.165, 1.54) is 12.1 Å². The second-order valence-electron chi connectivity index (χ2n) is 8.60. The van der Waals surface area contributed by atoms with Crippen molar-refractivity contribution in [1.29, 1.82) is 0 Å². The fraction of sp³-hybridized carbons (Fsp3) is 0.276. The van der Waals surface area contributed by atoms with Crippen LogP contribution in [0.15, 0.2) is 85.6 Å². The molecule has 188 valence electrons. The molecule has 2 atom stereocenters. The number of carbonyl (C=O) groups excluding carboxylic acids is 1. The Morgan fingerprint density at radius 3 is 2.56 bits per heavy atom. The van der Waals surface area contributed by atoms with Crippen molar-refractivity contribution in [3.05, 3.63) is 103 Å². The Hall–Kier alpha value is -4.00. The number of hydrogen-bond donors (Lipinski definition) is 0. The molecule has 1 amide bonds. The Labute approximate surface area is 210 Å². The number of ether oxygens (including phenoxy) is 4. The minimum atomic E-state index is -0.436. The lowest BCUT2D eigenvalue weighted by molar-refractivity contribution is 0.0895. The number of nitrogens with zero attached hydrogens (tertiary/aromatic N) is 1. The van der Waals surface area contributed by atoms with E-state index in [9.17, 15) is 9.18 Å². The molecular formula is C29H30FNO5. The topological polar surface area (TPSA) is 57.2 Å². The first-order valence-electron chi connectivity index (χ1n) is 11.9. The summed E-state index contributed by atoms with van der Waals surface area (Å²) in [4.78, 5) is 14.0. The predicted octanol–water partition coefficient (Wildman–Crippen LogP) is 6.18. The monoisotopic (exact) mass is 491 g/mol. The van der Waals surface area contributed by atoms with Crippen molar-refractivity contribution < 1.29 is 28.1 Å². The minimum absolute atomic E-state index is 0.0263. The van der Waals surface area contributed by atoms with Crippen LogP contribution in [0.3, 0.4) is 0 Å². The number of likely N-dealkylation sites (tertiary alicyclic amines) is 1. The average Bonchev–Trinajstić information content (AvgIpc) is 2.92. The molecule has 6 nitrogen and oxygen atoms in total. The molecule has 36 heavy (non-hydrogen) atoms. The molecule has 0 N–H and O–H groups in total. The number of benzene rings is 3. The third-order valence-corrected chi connectivity index (χ3v) is 6.31. The quantitative estimate of drug-likeness (QED) is 0.335. The molecule has 0 spiro atoms. The third kappa shape index (κ3) is 6.36. The summed E-state index contributed by atoms with van der Waals surface area (Å²) < 4.78 is 36.1. The van der Waals surface area contributed by atoms with E-state index in [2.05, 4.69) is 6.58 Å². The number of carbonyl (C=O) groups is 1.